The fraction of sp³-hybridized carbons (Fsp3) is 0.381. The normalized spacial score (nSPS) is 17.4. The van der Waals surface area contributed by atoms with Gasteiger partial charge in [0.25, 0.3) is 0 Å². The maximum Gasteiger partial charge on any atom is 0.322 e. The summed E-state index contributed by atoms with van der Waals surface area (Å²) < 4.78 is 27.2. The van der Waals surface area contributed by atoms with Crippen LogP contribution in [-0.2, 0) is 0 Å². The summed E-state index contributed by atoms with van der Waals surface area (Å²) in [6.45, 7) is 3.59. The molecule has 5 nitrogen and oxygen atoms in total. The number of carbonyl (C=O) groups excluding carboxylic acids is 1. The Hall–Kier alpha value is -2.67. The summed E-state index contributed by atoms with van der Waals surface area (Å²) in [7, 11) is 0. The van der Waals surface area contributed by atoms with Crippen molar-refractivity contribution in [2.24, 2.45) is 5.92 Å². The number of nitrogens with one attached hydrogen (secondary N) is 2. The van der Waals surface area contributed by atoms with Crippen LogP contribution in [0.5, 0.6) is 0 Å². The number of fused-ring (bicyclic) bond motifs is 1. The van der Waals surface area contributed by atoms with Gasteiger partial charge in [-0.1, -0.05) is 0 Å². The second-order valence-corrected chi connectivity index (χ2v) is 7.29. The predicted octanol–water partition coefficient (Wildman–Crippen LogP) is 3.63. The van der Waals surface area contributed by atoms with Crippen molar-refractivity contribution >= 4 is 23.1 Å². The van der Waals surface area contributed by atoms with E-state index in [2.05, 4.69) is 10.6 Å². The highest BCUT2D eigenvalue weighted by atomic mass is 19.1. The van der Waals surface area contributed by atoms with Gasteiger partial charge in [0.2, 0.25) is 0 Å². The number of hydrogen-bond acceptors (Lipinski definition) is 3. The molecule has 28 heavy (non-hydrogen) atoms. The molecule has 2 amide bonds. The number of carbonyl (C=O) groups is 1. The van der Waals surface area contributed by atoms with Crippen LogP contribution in [0.4, 0.5) is 30.6 Å². The van der Waals surface area contributed by atoms with Gasteiger partial charge in [0.1, 0.15) is 11.6 Å². The van der Waals surface area contributed by atoms with E-state index in [4.69, 9.17) is 0 Å². The third-order valence-electron chi connectivity index (χ3n) is 5.45. The Kier molecular flexibility index (Phi) is 5.43. The Bertz CT molecular complexity index is 837. The van der Waals surface area contributed by atoms with Gasteiger partial charge in [-0.05, 0) is 74.3 Å². The van der Waals surface area contributed by atoms with Gasteiger partial charge in [0.05, 0.1) is 11.4 Å². The van der Waals surface area contributed by atoms with Crippen LogP contribution in [0.2, 0.25) is 0 Å². The number of rotatable bonds is 3. The molecule has 0 aromatic heterocycles. The van der Waals surface area contributed by atoms with Gasteiger partial charge in [0.15, 0.2) is 0 Å². The molecule has 7 heteroatoms. The van der Waals surface area contributed by atoms with Gasteiger partial charge in [-0.2, -0.15) is 0 Å². The van der Waals surface area contributed by atoms with Crippen LogP contribution in [0, 0.1) is 17.6 Å². The molecule has 4 rings (SSSR count). The molecular formula is C21H24F2N4O. The Balaban J connectivity index is 1.54. The van der Waals surface area contributed by atoms with E-state index < -0.39 is 0 Å². The molecule has 2 aromatic rings. The smallest absolute Gasteiger partial charge is 0.322 e. The summed E-state index contributed by atoms with van der Waals surface area (Å²) in [5, 5.41) is 6.36. The molecule has 1 fully saturated rings. The number of benzene rings is 2. The molecule has 2 N–H and O–H groups in total. The quantitative estimate of drug-likeness (QED) is 0.847. The minimum absolute atomic E-state index is 0.162. The van der Waals surface area contributed by atoms with Crippen LogP contribution in [0.25, 0.3) is 0 Å². The lowest BCUT2D eigenvalue weighted by molar-refractivity contribution is 0.242. The van der Waals surface area contributed by atoms with Crippen molar-refractivity contribution in [1.82, 2.24) is 10.6 Å². The largest absolute Gasteiger partial charge is 0.338 e. The molecule has 2 aliphatic rings. The van der Waals surface area contributed by atoms with Crippen LogP contribution in [0.15, 0.2) is 42.5 Å². The Morgan fingerprint density at radius 3 is 2.46 bits per heavy atom. The van der Waals surface area contributed by atoms with Crippen molar-refractivity contribution in [2.75, 3.05) is 42.5 Å². The van der Waals surface area contributed by atoms with Gasteiger partial charge in [-0.3, -0.25) is 4.90 Å². The number of anilines is 3. The second kappa shape index (κ2) is 8.14. The first-order valence-corrected chi connectivity index (χ1v) is 9.70. The molecular weight excluding hydrogens is 362 g/mol. The molecule has 2 heterocycles. The molecule has 0 radical (unpaired) electrons. The molecule has 2 aromatic carbocycles. The highest BCUT2D eigenvalue weighted by Crippen LogP contribution is 2.38. The van der Waals surface area contributed by atoms with Crippen LogP contribution < -0.4 is 20.4 Å². The number of nitrogens with zero attached hydrogens (tertiary/aromatic N) is 2. The van der Waals surface area contributed by atoms with Crippen molar-refractivity contribution in [1.29, 1.82) is 0 Å². The summed E-state index contributed by atoms with van der Waals surface area (Å²) in [6, 6.07) is 10.3. The van der Waals surface area contributed by atoms with E-state index in [1.807, 2.05) is 4.90 Å². The van der Waals surface area contributed by atoms with Crippen molar-refractivity contribution in [3.8, 4) is 0 Å². The molecule has 0 unspecified atom stereocenters. The van der Waals surface area contributed by atoms with Crippen molar-refractivity contribution in [3.05, 3.63) is 54.1 Å². The Morgan fingerprint density at radius 2 is 1.71 bits per heavy atom. The van der Waals surface area contributed by atoms with E-state index in [0.29, 0.717) is 36.9 Å². The molecule has 0 atom stereocenters. The molecule has 0 spiro atoms. The van der Waals surface area contributed by atoms with Gasteiger partial charge >= 0.3 is 6.03 Å². The zero-order chi connectivity index (χ0) is 19.5. The highest BCUT2D eigenvalue weighted by molar-refractivity contribution is 5.97. The summed E-state index contributed by atoms with van der Waals surface area (Å²) in [6.07, 6.45) is 2.11. The van der Waals surface area contributed by atoms with Crippen LogP contribution in [0.1, 0.15) is 12.8 Å². The number of piperidine rings is 1. The van der Waals surface area contributed by atoms with Gasteiger partial charge in [-0.25, -0.2) is 13.6 Å². The Labute approximate surface area is 163 Å². The minimum Gasteiger partial charge on any atom is -0.338 e. The molecule has 0 aliphatic carbocycles. The van der Waals surface area contributed by atoms with Crippen LogP contribution in [-0.4, -0.2) is 38.8 Å². The van der Waals surface area contributed by atoms with E-state index in [-0.39, 0.29) is 17.7 Å². The first-order valence-electron chi connectivity index (χ1n) is 9.70. The lowest BCUT2D eigenvalue weighted by Crippen LogP contribution is -2.48. The standard InChI is InChI=1S/C21H24F2N4O/c22-16-1-4-18(5-2-16)26-11-12-27(19-6-3-17(23)13-20(19)26)21(28)25-14-15-7-9-24-10-8-15/h1-6,13,15,24H,7-12,14H2,(H,25,28). The lowest BCUT2D eigenvalue weighted by atomic mass is 9.98. The number of hydrogen-bond donors (Lipinski definition) is 2. The molecule has 148 valence electrons. The average molecular weight is 386 g/mol. The predicted molar refractivity (Wildman–Crippen MR) is 106 cm³/mol. The zero-order valence-electron chi connectivity index (χ0n) is 15.6. The fourth-order valence-electron chi connectivity index (χ4n) is 3.90. The number of amides is 2. The van der Waals surface area contributed by atoms with E-state index in [0.717, 1.165) is 31.6 Å². The maximum absolute atomic E-state index is 14.0. The average Bonchev–Trinajstić information content (AvgIpc) is 2.72. The second-order valence-electron chi connectivity index (χ2n) is 7.29. The van der Waals surface area contributed by atoms with Crippen molar-refractivity contribution < 1.29 is 13.6 Å². The topological polar surface area (TPSA) is 47.6 Å². The SMILES string of the molecule is O=C(NCC1CCNCC1)N1CCN(c2ccc(F)cc2)c2cc(F)ccc21. The van der Waals surface area contributed by atoms with Crippen molar-refractivity contribution in [2.45, 2.75) is 12.8 Å². The maximum atomic E-state index is 14.0. The zero-order valence-corrected chi connectivity index (χ0v) is 15.6. The molecule has 1 saturated heterocycles. The third-order valence-corrected chi connectivity index (χ3v) is 5.45. The number of halogens is 2. The van der Waals surface area contributed by atoms with E-state index in [1.165, 1.54) is 24.3 Å². The third kappa shape index (κ3) is 3.94. The Morgan fingerprint density at radius 1 is 1.00 bits per heavy atom. The van der Waals surface area contributed by atoms with Crippen LogP contribution in [0.3, 0.4) is 0 Å². The first-order chi connectivity index (χ1) is 13.6. The van der Waals surface area contributed by atoms with Gasteiger partial charge in [-0.15, -0.1) is 0 Å². The van der Waals surface area contributed by atoms with E-state index in [9.17, 15) is 13.6 Å². The summed E-state index contributed by atoms with van der Waals surface area (Å²) in [4.78, 5) is 16.4. The van der Waals surface area contributed by atoms with Crippen molar-refractivity contribution in [3.63, 3.8) is 0 Å². The molecule has 2 aliphatic heterocycles. The fourth-order valence-corrected chi connectivity index (χ4v) is 3.90. The van der Waals surface area contributed by atoms with E-state index in [1.54, 1.807) is 23.1 Å². The van der Waals surface area contributed by atoms with Gasteiger partial charge in [0, 0.05) is 25.3 Å². The van der Waals surface area contributed by atoms with Crippen LogP contribution >= 0.6 is 0 Å². The number of urea groups is 1. The van der Waals surface area contributed by atoms with E-state index >= 15 is 0 Å². The summed E-state index contributed by atoms with van der Waals surface area (Å²) >= 11 is 0. The minimum atomic E-state index is -0.372. The highest BCUT2D eigenvalue weighted by Gasteiger charge is 2.28. The monoisotopic (exact) mass is 386 g/mol. The summed E-state index contributed by atoms with van der Waals surface area (Å²) in [5.41, 5.74) is 2.03. The lowest BCUT2D eigenvalue weighted by Gasteiger charge is -2.38. The first kappa shape index (κ1) is 18.7. The molecule has 0 saturated carbocycles. The molecule has 0 bridgehead atoms. The van der Waals surface area contributed by atoms with Gasteiger partial charge < -0.3 is 15.5 Å². The summed E-state index contributed by atoms with van der Waals surface area (Å²) in [5.74, 6) is -0.208.